The van der Waals surface area contributed by atoms with Crippen molar-refractivity contribution in [2.24, 2.45) is 0 Å². The van der Waals surface area contributed by atoms with E-state index in [4.69, 9.17) is 0 Å². The minimum Gasteiger partial charge on any atom is -0.222 e. The van der Waals surface area contributed by atoms with Crippen LogP contribution in [0.15, 0.2) is 0 Å². The van der Waals surface area contributed by atoms with Gasteiger partial charge in [0, 0.05) is 13.1 Å². The fourth-order valence-electron chi connectivity index (χ4n) is 0.879. The molecule has 0 atom stereocenters. The lowest BCUT2D eigenvalue weighted by Crippen LogP contribution is -2.26. The molecule has 0 amide bonds. The van der Waals surface area contributed by atoms with E-state index >= 15 is 0 Å². The van der Waals surface area contributed by atoms with E-state index in [-0.39, 0.29) is 0 Å². The molecule has 1 aliphatic rings. The van der Waals surface area contributed by atoms with Crippen LogP contribution in [0.25, 0.3) is 0 Å². The van der Waals surface area contributed by atoms with Crippen LogP contribution in [0.3, 0.4) is 0 Å². The van der Waals surface area contributed by atoms with Crippen LogP contribution in [0.2, 0.25) is 0 Å². The van der Waals surface area contributed by atoms with Gasteiger partial charge in [0.25, 0.3) is 0 Å². The number of hydrogen-bond acceptors (Lipinski definition) is 4. The summed E-state index contributed by atoms with van der Waals surface area (Å²) in [6.07, 6.45) is 2.55. The van der Waals surface area contributed by atoms with Crippen molar-refractivity contribution in [3.63, 3.8) is 0 Å². The van der Waals surface area contributed by atoms with Crippen molar-refractivity contribution in [2.75, 3.05) is 13.1 Å². The Kier molecular flexibility index (Phi) is 2.49. The van der Waals surface area contributed by atoms with E-state index in [0.29, 0.717) is 0 Å². The van der Waals surface area contributed by atoms with E-state index < -0.39 is 0 Å². The Morgan fingerprint density at radius 1 is 1.12 bits per heavy atom. The van der Waals surface area contributed by atoms with Crippen LogP contribution in [0.4, 0.5) is 0 Å². The lowest BCUT2D eigenvalue weighted by molar-refractivity contribution is 0.211. The second kappa shape index (κ2) is 2.96. The molecule has 1 aliphatic heterocycles. The summed E-state index contributed by atoms with van der Waals surface area (Å²) in [4.78, 5) is 0. The van der Waals surface area contributed by atoms with Gasteiger partial charge in [0.05, 0.1) is 0 Å². The van der Waals surface area contributed by atoms with Crippen molar-refractivity contribution in [3.05, 3.63) is 0 Å². The third-order valence-corrected chi connectivity index (χ3v) is 1.84. The van der Waals surface area contributed by atoms with E-state index in [2.05, 4.69) is 30.6 Å². The Balaban J connectivity index is 2.24. The molecule has 0 aromatic heterocycles. The van der Waals surface area contributed by atoms with Crippen LogP contribution < -0.4 is 0 Å². The Labute approximate surface area is 60.9 Å². The highest BCUT2D eigenvalue weighted by Crippen LogP contribution is 2.13. The quantitative estimate of drug-likeness (QED) is 0.538. The van der Waals surface area contributed by atoms with Gasteiger partial charge in [-0.2, -0.15) is 0 Å². The zero-order valence-corrected chi connectivity index (χ0v) is 6.41. The normalized spacial score (nSPS) is 22.9. The van der Waals surface area contributed by atoms with Gasteiger partial charge < -0.3 is 0 Å². The first-order valence-electron chi connectivity index (χ1n) is 2.73. The standard InChI is InChI=1S/C4H10N2S2/c7-6(8)5-3-1-2-4-5/h7-8H,1-4H2. The van der Waals surface area contributed by atoms with Gasteiger partial charge in [0.1, 0.15) is 0 Å². The van der Waals surface area contributed by atoms with Gasteiger partial charge >= 0.3 is 0 Å². The van der Waals surface area contributed by atoms with Crippen molar-refractivity contribution in [1.82, 2.24) is 8.83 Å². The summed E-state index contributed by atoms with van der Waals surface area (Å²) >= 11 is 8.03. The van der Waals surface area contributed by atoms with Crippen molar-refractivity contribution < 1.29 is 0 Å². The topological polar surface area (TPSA) is 6.48 Å². The van der Waals surface area contributed by atoms with E-state index in [0.717, 1.165) is 13.1 Å². The molecule has 0 N–H and O–H groups in total. The summed E-state index contributed by atoms with van der Waals surface area (Å²) in [6.45, 7) is 2.21. The highest BCUT2D eigenvalue weighted by molar-refractivity contribution is 7.93. The second-order valence-electron chi connectivity index (χ2n) is 1.93. The SMILES string of the molecule is SN(S)N1CCCC1. The van der Waals surface area contributed by atoms with Gasteiger partial charge in [-0.15, -0.1) is 3.82 Å². The fourth-order valence-corrected chi connectivity index (χ4v) is 1.24. The Morgan fingerprint density at radius 3 is 1.88 bits per heavy atom. The minimum atomic E-state index is 1.10. The summed E-state index contributed by atoms with van der Waals surface area (Å²) < 4.78 is 1.56. The highest BCUT2D eigenvalue weighted by Gasteiger charge is 2.13. The number of nitrogens with zero attached hydrogens (tertiary/aromatic N) is 2. The zero-order chi connectivity index (χ0) is 5.98. The van der Waals surface area contributed by atoms with E-state index in [1.807, 2.05) is 0 Å². The zero-order valence-electron chi connectivity index (χ0n) is 4.62. The lowest BCUT2D eigenvalue weighted by Gasteiger charge is -2.19. The molecule has 0 spiro atoms. The van der Waals surface area contributed by atoms with Crippen molar-refractivity contribution >= 4 is 25.6 Å². The van der Waals surface area contributed by atoms with Crippen molar-refractivity contribution in [2.45, 2.75) is 12.8 Å². The first-order chi connectivity index (χ1) is 3.80. The average molecular weight is 150 g/mol. The van der Waals surface area contributed by atoms with Crippen LogP contribution in [0.1, 0.15) is 12.8 Å². The van der Waals surface area contributed by atoms with Gasteiger partial charge in [-0.25, -0.2) is 5.01 Å². The predicted molar refractivity (Wildman–Crippen MR) is 40.6 cm³/mol. The molecule has 0 aromatic rings. The smallest absolute Gasteiger partial charge is 0.0151 e. The molecule has 1 rings (SSSR count). The largest absolute Gasteiger partial charge is 0.222 e. The molecule has 0 radical (unpaired) electrons. The molecule has 0 aromatic carbocycles. The van der Waals surface area contributed by atoms with Gasteiger partial charge in [0.15, 0.2) is 0 Å². The molecular weight excluding hydrogens is 140 g/mol. The Morgan fingerprint density at radius 2 is 1.62 bits per heavy atom. The summed E-state index contributed by atoms with van der Waals surface area (Å²) in [5.41, 5.74) is 0. The number of thiol groups is 2. The maximum atomic E-state index is 4.02. The third kappa shape index (κ3) is 1.55. The van der Waals surface area contributed by atoms with Crippen molar-refractivity contribution in [1.29, 1.82) is 0 Å². The van der Waals surface area contributed by atoms with Crippen molar-refractivity contribution in [3.8, 4) is 0 Å². The predicted octanol–water partition coefficient (Wildman–Crippen LogP) is 0.989. The molecule has 4 heteroatoms. The fraction of sp³-hybridized carbons (Fsp3) is 1.00. The molecule has 1 fully saturated rings. The number of hydrogen-bond donors (Lipinski definition) is 2. The van der Waals surface area contributed by atoms with Crippen LogP contribution in [-0.2, 0) is 0 Å². The lowest BCUT2D eigenvalue weighted by atomic mass is 10.4. The molecule has 48 valence electrons. The molecule has 0 unspecified atom stereocenters. The number of rotatable bonds is 1. The van der Waals surface area contributed by atoms with E-state index in [9.17, 15) is 0 Å². The highest BCUT2D eigenvalue weighted by atomic mass is 32.2. The summed E-state index contributed by atoms with van der Waals surface area (Å²) in [5.74, 6) is 0. The van der Waals surface area contributed by atoms with Gasteiger partial charge in [-0.1, -0.05) is 25.6 Å². The molecule has 1 heterocycles. The van der Waals surface area contributed by atoms with Crippen LogP contribution in [0, 0.1) is 0 Å². The Hall–Kier alpha value is 0.620. The average Bonchev–Trinajstić information content (AvgIpc) is 2.12. The number of hydrazine groups is 1. The minimum absolute atomic E-state index is 1.10. The van der Waals surface area contributed by atoms with Gasteiger partial charge in [0.2, 0.25) is 0 Å². The first kappa shape index (κ1) is 6.74. The molecular formula is C4H10N2S2. The third-order valence-electron chi connectivity index (χ3n) is 1.34. The second-order valence-corrected chi connectivity index (χ2v) is 3.00. The molecule has 0 aliphatic carbocycles. The van der Waals surface area contributed by atoms with Gasteiger partial charge in [-0.05, 0) is 12.8 Å². The van der Waals surface area contributed by atoms with Crippen LogP contribution >= 0.6 is 25.6 Å². The molecule has 2 nitrogen and oxygen atoms in total. The molecule has 1 saturated heterocycles. The molecule has 0 bridgehead atoms. The maximum Gasteiger partial charge on any atom is 0.0151 e. The first-order valence-corrected chi connectivity index (χ1v) is 3.53. The van der Waals surface area contributed by atoms with E-state index in [1.54, 1.807) is 3.82 Å². The monoisotopic (exact) mass is 150 g/mol. The van der Waals surface area contributed by atoms with Crippen LogP contribution in [-0.4, -0.2) is 21.9 Å². The molecule has 0 saturated carbocycles. The van der Waals surface area contributed by atoms with Crippen LogP contribution in [0.5, 0.6) is 0 Å². The Bertz CT molecular complexity index is 70.4. The van der Waals surface area contributed by atoms with Gasteiger partial charge in [-0.3, -0.25) is 0 Å². The van der Waals surface area contributed by atoms with E-state index in [1.165, 1.54) is 12.8 Å². The summed E-state index contributed by atoms with van der Waals surface area (Å²) in [6, 6.07) is 0. The summed E-state index contributed by atoms with van der Waals surface area (Å²) in [7, 11) is 0. The molecule has 8 heavy (non-hydrogen) atoms. The maximum absolute atomic E-state index is 4.02. The summed E-state index contributed by atoms with van der Waals surface area (Å²) in [5, 5.41) is 2.09.